The van der Waals surface area contributed by atoms with Crippen LogP contribution in [0.15, 0.2) is 64.0 Å². The molecule has 1 aromatic heterocycles. The van der Waals surface area contributed by atoms with Crippen LogP contribution in [0.2, 0.25) is 0 Å². The summed E-state index contributed by atoms with van der Waals surface area (Å²) in [5.74, 6) is 0.879. The van der Waals surface area contributed by atoms with Gasteiger partial charge in [0.1, 0.15) is 11.5 Å². The predicted molar refractivity (Wildman–Crippen MR) is 102 cm³/mol. The van der Waals surface area contributed by atoms with Crippen LogP contribution in [0.5, 0.6) is 11.5 Å². The van der Waals surface area contributed by atoms with Crippen molar-refractivity contribution in [1.29, 1.82) is 0 Å². The number of nitrogens with zero attached hydrogens (tertiary/aromatic N) is 3. The van der Waals surface area contributed by atoms with Crippen LogP contribution in [-0.2, 0) is 0 Å². The van der Waals surface area contributed by atoms with Gasteiger partial charge in [0.15, 0.2) is 0 Å². The fourth-order valence-electron chi connectivity index (χ4n) is 2.38. The minimum atomic E-state index is -2.85. The highest BCUT2D eigenvalue weighted by Gasteiger charge is 2.09. The highest BCUT2D eigenvalue weighted by molar-refractivity contribution is 7.07. The van der Waals surface area contributed by atoms with Gasteiger partial charge in [-0.2, -0.15) is 13.9 Å². The summed E-state index contributed by atoms with van der Waals surface area (Å²) >= 11 is 1.44. The predicted octanol–water partition coefficient (Wildman–Crippen LogP) is 4.24. The summed E-state index contributed by atoms with van der Waals surface area (Å²) in [6, 6.07) is 13.9. The molecule has 3 aromatic rings. The van der Waals surface area contributed by atoms with Gasteiger partial charge in [-0.05, 0) is 54.1 Å². The number of methoxy groups -OCH3 is 1. The van der Waals surface area contributed by atoms with Crippen LogP contribution in [0.25, 0.3) is 11.3 Å². The number of thiazole rings is 1. The van der Waals surface area contributed by atoms with Crippen LogP contribution in [0, 0.1) is 0 Å². The standard InChI is InChI=1S/C19H17F2N3O2S/c1-22-19-24(23-11-13-3-7-15(25-2)8-4-13)17(12-27-19)14-5-9-16(10-6-14)26-18(20)21/h3-12,18H,1-2H3/b22-19?,23-11-. The number of aromatic nitrogens is 1. The van der Waals surface area contributed by atoms with Crippen LogP contribution in [-0.4, -0.2) is 31.7 Å². The molecule has 0 saturated heterocycles. The number of hydrogen-bond acceptors (Lipinski definition) is 5. The zero-order valence-electron chi connectivity index (χ0n) is 14.7. The minimum Gasteiger partial charge on any atom is -0.497 e. The molecule has 2 aromatic carbocycles. The lowest BCUT2D eigenvalue weighted by atomic mass is 10.2. The molecule has 0 aliphatic heterocycles. The number of alkyl halides is 2. The van der Waals surface area contributed by atoms with Crippen molar-refractivity contribution in [3.8, 4) is 22.8 Å². The van der Waals surface area contributed by atoms with Gasteiger partial charge in [-0.15, -0.1) is 11.3 Å². The van der Waals surface area contributed by atoms with Crippen molar-refractivity contribution in [2.24, 2.45) is 10.1 Å². The summed E-state index contributed by atoms with van der Waals surface area (Å²) in [4.78, 5) is 4.95. The first kappa shape index (κ1) is 18.8. The van der Waals surface area contributed by atoms with Gasteiger partial charge in [0.2, 0.25) is 4.80 Å². The van der Waals surface area contributed by atoms with Crippen LogP contribution in [0.1, 0.15) is 5.56 Å². The lowest BCUT2D eigenvalue weighted by molar-refractivity contribution is -0.0498. The Hall–Kier alpha value is -3.00. The molecule has 0 saturated carbocycles. The van der Waals surface area contributed by atoms with Gasteiger partial charge in [0.05, 0.1) is 19.0 Å². The van der Waals surface area contributed by atoms with Crippen molar-refractivity contribution in [3.63, 3.8) is 0 Å². The Kier molecular flexibility index (Phi) is 5.97. The molecule has 0 spiro atoms. The smallest absolute Gasteiger partial charge is 0.387 e. The first-order valence-electron chi connectivity index (χ1n) is 7.97. The number of rotatable bonds is 6. The van der Waals surface area contributed by atoms with E-state index in [-0.39, 0.29) is 5.75 Å². The minimum absolute atomic E-state index is 0.109. The molecule has 0 bridgehead atoms. The summed E-state index contributed by atoms with van der Waals surface area (Å²) in [6.45, 7) is -2.85. The monoisotopic (exact) mass is 389 g/mol. The van der Waals surface area contributed by atoms with Crippen LogP contribution in [0.3, 0.4) is 0 Å². The van der Waals surface area contributed by atoms with Gasteiger partial charge in [-0.1, -0.05) is 0 Å². The zero-order valence-corrected chi connectivity index (χ0v) is 15.5. The zero-order chi connectivity index (χ0) is 19.2. The van der Waals surface area contributed by atoms with Crippen LogP contribution in [0.4, 0.5) is 8.78 Å². The second kappa shape index (κ2) is 8.59. The fourth-order valence-corrected chi connectivity index (χ4v) is 3.19. The van der Waals surface area contributed by atoms with Crippen molar-refractivity contribution in [3.05, 3.63) is 64.3 Å². The summed E-state index contributed by atoms with van der Waals surface area (Å²) < 4.78 is 35.8. The number of hydrogen-bond donors (Lipinski definition) is 0. The molecule has 5 nitrogen and oxygen atoms in total. The number of benzene rings is 2. The van der Waals surface area contributed by atoms with Crippen molar-refractivity contribution in [2.45, 2.75) is 6.61 Å². The van der Waals surface area contributed by atoms with E-state index in [1.54, 1.807) is 37.2 Å². The van der Waals surface area contributed by atoms with Gasteiger partial charge in [-0.3, -0.25) is 4.99 Å². The Balaban J connectivity index is 1.91. The molecular formula is C19H17F2N3O2S. The Morgan fingerprint density at radius 1 is 1.04 bits per heavy atom. The van der Waals surface area contributed by atoms with Crippen molar-refractivity contribution < 1.29 is 18.3 Å². The molecule has 0 aliphatic rings. The summed E-state index contributed by atoms with van der Waals surface area (Å²) in [5.41, 5.74) is 2.52. The molecule has 27 heavy (non-hydrogen) atoms. The van der Waals surface area contributed by atoms with E-state index in [0.29, 0.717) is 4.80 Å². The average molecular weight is 389 g/mol. The third-order valence-electron chi connectivity index (χ3n) is 3.69. The molecule has 0 fully saturated rings. The molecular weight excluding hydrogens is 372 g/mol. The van der Waals surface area contributed by atoms with E-state index >= 15 is 0 Å². The lowest BCUT2D eigenvalue weighted by Crippen LogP contribution is -2.11. The van der Waals surface area contributed by atoms with Crippen LogP contribution < -0.4 is 14.3 Å². The van der Waals surface area contributed by atoms with Gasteiger partial charge in [0, 0.05) is 18.0 Å². The third kappa shape index (κ3) is 4.59. The topological polar surface area (TPSA) is 48.1 Å². The second-order valence-electron chi connectivity index (χ2n) is 5.36. The Bertz CT molecular complexity index is 977. The highest BCUT2D eigenvalue weighted by atomic mass is 32.1. The second-order valence-corrected chi connectivity index (χ2v) is 6.20. The number of halogens is 2. The molecule has 0 N–H and O–H groups in total. The Morgan fingerprint density at radius 3 is 2.30 bits per heavy atom. The first-order valence-corrected chi connectivity index (χ1v) is 8.85. The fraction of sp³-hybridized carbons (Fsp3) is 0.158. The molecule has 3 rings (SSSR count). The average Bonchev–Trinajstić information content (AvgIpc) is 3.10. The van der Waals surface area contributed by atoms with E-state index in [1.165, 1.54) is 23.5 Å². The number of ether oxygens (including phenoxy) is 2. The third-order valence-corrected chi connectivity index (χ3v) is 4.60. The molecule has 0 atom stereocenters. The van der Waals surface area contributed by atoms with E-state index < -0.39 is 6.61 Å². The molecule has 8 heteroatoms. The highest BCUT2D eigenvalue weighted by Crippen LogP contribution is 2.24. The largest absolute Gasteiger partial charge is 0.497 e. The van der Waals surface area contributed by atoms with Gasteiger partial charge in [-0.25, -0.2) is 4.68 Å². The van der Waals surface area contributed by atoms with E-state index in [4.69, 9.17) is 4.74 Å². The summed E-state index contributed by atoms with van der Waals surface area (Å²) in [5, 5.41) is 6.44. The van der Waals surface area contributed by atoms with E-state index in [1.807, 2.05) is 29.6 Å². The van der Waals surface area contributed by atoms with E-state index in [2.05, 4.69) is 14.8 Å². The van der Waals surface area contributed by atoms with Crippen molar-refractivity contribution >= 4 is 17.6 Å². The molecule has 0 radical (unpaired) electrons. The van der Waals surface area contributed by atoms with Gasteiger partial charge in [0.25, 0.3) is 0 Å². The van der Waals surface area contributed by atoms with Crippen LogP contribution >= 0.6 is 11.3 Å². The van der Waals surface area contributed by atoms with E-state index in [9.17, 15) is 8.78 Å². The first-order chi connectivity index (χ1) is 13.1. The SMILES string of the molecule is CN=c1scc(-c2ccc(OC(F)F)cc2)n1/N=C\c1ccc(OC)cc1. The van der Waals surface area contributed by atoms with Crippen molar-refractivity contribution in [2.75, 3.05) is 14.2 Å². The van der Waals surface area contributed by atoms with Gasteiger partial charge >= 0.3 is 6.61 Å². The van der Waals surface area contributed by atoms with E-state index in [0.717, 1.165) is 22.6 Å². The lowest BCUT2D eigenvalue weighted by Gasteiger charge is -2.06. The van der Waals surface area contributed by atoms with Gasteiger partial charge < -0.3 is 9.47 Å². The maximum atomic E-state index is 12.3. The molecule has 0 unspecified atom stereocenters. The summed E-state index contributed by atoms with van der Waals surface area (Å²) in [7, 11) is 3.30. The summed E-state index contributed by atoms with van der Waals surface area (Å²) in [6.07, 6.45) is 1.72. The molecule has 0 amide bonds. The Labute approximate surface area is 158 Å². The quantitative estimate of drug-likeness (QED) is 0.592. The normalized spacial score (nSPS) is 12.1. The molecule has 140 valence electrons. The van der Waals surface area contributed by atoms with Crippen molar-refractivity contribution in [1.82, 2.24) is 4.68 Å². The molecule has 1 heterocycles. The maximum Gasteiger partial charge on any atom is 0.387 e. The molecule has 0 aliphatic carbocycles. The maximum absolute atomic E-state index is 12.3. The Morgan fingerprint density at radius 2 is 1.70 bits per heavy atom.